The van der Waals surface area contributed by atoms with Crippen molar-refractivity contribution in [2.24, 2.45) is 0 Å². The van der Waals surface area contributed by atoms with Crippen molar-refractivity contribution in [3.8, 4) is 0 Å². The van der Waals surface area contributed by atoms with Crippen molar-refractivity contribution in [3.05, 3.63) is 16.1 Å². The molecule has 1 saturated heterocycles. The van der Waals surface area contributed by atoms with Crippen LogP contribution in [-0.4, -0.2) is 24.2 Å². The number of rotatable bonds is 5. The van der Waals surface area contributed by atoms with Crippen LogP contribution in [0, 0.1) is 0 Å². The van der Waals surface area contributed by atoms with Crippen LogP contribution in [0.3, 0.4) is 0 Å². The highest BCUT2D eigenvalue weighted by atomic mass is 32.1. The molecule has 1 N–H and O–H groups in total. The van der Waals surface area contributed by atoms with Gasteiger partial charge in [0, 0.05) is 30.1 Å². The summed E-state index contributed by atoms with van der Waals surface area (Å²) in [5, 5.41) is 4.62. The highest BCUT2D eigenvalue weighted by Crippen LogP contribution is 2.24. The second kappa shape index (κ2) is 5.75. The lowest BCUT2D eigenvalue weighted by Crippen LogP contribution is -2.16. The van der Waals surface area contributed by atoms with Gasteiger partial charge in [0.2, 0.25) is 0 Å². The average Bonchev–Trinajstić information content (AvgIpc) is 2.90. The molecular weight excluding hydrogens is 220 g/mol. The molecular formula is C12H20N2OS. The Balaban J connectivity index is 1.90. The van der Waals surface area contributed by atoms with Crippen LogP contribution in [0.15, 0.2) is 6.20 Å². The van der Waals surface area contributed by atoms with Gasteiger partial charge in [0.25, 0.3) is 0 Å². The predicted molar refractivity (Wildman–Crippen MR) is 66.9 cm³/mol. The Bertz CT molecular complexity index is 321. The first kappa shape index (κ1) is 12.0. The van der Waals surface area contributed by atoms with E-state index in [2.05, 4.69) is 24.1 Å². The minimum atomic E-state index is 0.411. The molecule has 2 unspecified atom stereocenters. The van der Waals surface area contributed by atoms with Crippen LogP contribution in [0.5, 0.6) is 0 Å². The van der Waals surface area contributed by atoms with Crippen LogP contribution in [-0.2, 0) is 11.2 Å². The average molecular weight is 240 g/mol. The molecule has 4 heteroatoms. The van der Waals surface area contributed by atoms with Gasteiger partial charge in [-0.1, -0.05) is 6.92 Å². The van der Waals surface area contributed by atoms with Crippen molar-refractivity contribution < 1.29 is 4.74 Å². The van der Waals surface area contributed by atoms with Gasteiger partial charge in [-0.3, -0.25) is 0 Å². The second-order valence-corrected chi connectivity index (χ2v) is 5.42. The van der Waals surface area contributed by atoms with Crippen molar-refractivity contribution in [2.75, 3.05) is 13.2 Å². The normalized spacial score (nSPS) is 22.5. The van der Waals surface area contributed by atoms with Crippen molar-refractivity contribution >= 4 is 11.3 Å². The summed E-state index contributed by atoms with van der Waals surface area (Å²) in [6.07, 6.45) is 5.80. The first-order chi connectivity index (χ1) is 7.79. The molecule has 0 saturated carbocycles. The summed E-state index contributed by atoms with van der Waals surface area (Å²) in [4.78, 5) is 5.81. The molecule has 2 atom stereocenters. The van der Waals surface area contributed by atoms with E-state index in [1.54, 1.807) is 0 Å². The maximum atomic E-state index is 5.63. The van der Waals surface area contributed by atoms with Gasteiger partial charge in [-0.25, -0.2) is 4.98 Å². The fourth-order valence-electron chi connectivity index (χ4n) is 2.03. The summed E-state index contributed by atoms with van der Waals surface area (Å²) in [6, 6.07) is 0.417. The minimum absolute atomic E-state index is 0.411. The van der Waals surface area contributed by atoms with E-state index in [9.17, 15) is 0 Å². The van der Waals surface area contributed by atoms with E-state index in [-0.39, 0.29) is 0 Å². The number of hydrogen-bond acceptors (Lipinski definition) is 4. The molecule has 1 aliphatic rings. The van der Waals surface area contributed by atoms with E-state index < -0.39 is 0 Å². The number of hydrogen-bond donors (Lipinski definition) is 1. The number of thiazole rings is 1. The van der Waals surface area contributed by atoms with Crippen LogP contribution >= 0.6 is 11.3 Å². The van der Waals surface area contributed by atoms with Crippen LogP contribution in [0.4, 0.5) is 0 Å². The first-order valence-electron chi connectivity index (χ1n) is 6.09. The summed E-state index contributed by atoms with van der Waals surface area (Å²) < 4.78 is 5.63. The first-order valence-corrected chi connectivity index (χ1v) is 6.91. The third-order valence-electron chi connectivity index (χ3n) is 2.93. The van der Waals surface area contributed by atoms with Gasteiger partial charge in [0.05, 0.1) is 11.1 Å². The summed E-state index contributed by atoms with van der Waals surface area (Å²) in [5.41, 5.74) is 0. The standard InChI is InChI=1S/C12H20N2OS/c1-3-13-9(2)11-8-14-12(16-11)7-10-5-4-6-15-10/h8-10,13H,3-7H2,1-2H3. The zero-order chi connectivity index (χ0) is 11.4. The molecule has 0 aliphatic carbocycles. The molecule has 0 radical (unpaired) electrons. The van der Waals surface area contributed by atoms with Crippen molar-refractivity contribution in [2.45, 2.75) is 45.3 Å². The van der Waals surface area contributed by atoms with E-state index >= 15 is 0 Å². The fourth-order valence-corrected chi connectivity index (χ4v) is 3.04. The van der Waals surface area contributed by atoms with E-state index in [0.717, 1.165) is 19.6 Å². The van der Waals surface area contributed by atoms with Crippen molar-refractivity contribution in [1.29, 1.82) is 0 Å². The minimum Gasteiger partial charge on any atom is -0.378 e. The summed E-state index contributed by atoms with van der Waals surface area (Å²) in [6.45, 7) is 6.24. The molecule has 1 aliphatic heterocycles. The zero-order valence-corrected chi connectivity index (χ0v) is 10.8. The molecule has 90 valence electrons. The van der Waals surface area contributed by atoms with E-state index in [1.807, 2.05) is 17.5 Å². The molecule has 2 heterocycles. The molecule has 1 aromatic heterocycles. The zero-order valence-electron chi connectivity index (χ0n) is 10.0. The Kier molecular flexibility index (Phi) is 4.32. The SMILES string of the molecule is CCNC(C)c1cnc(CC2CCCO2)s1. The molecule has 0 bridgehead atoms. The Morgan fingerprint density at radius 3 is 3.25 bits per heavy atom. The summed E-state index contributed by atoms with van der Waals surface area (Å²) in [7, 11) is 0. The summed E-state index contributed by atoms with van der Waals surface area (Å²) >= 11 is 1.81. The lowest BCUT2D eigenvalue weighted by Gasteiger charge is -2.08. The van der Waals surface area contributed by atoms with Gasteiger partial charge in [-0.15, -0.1) is 11.3 Å². The van der Waals surface area contributed by atoms with Gasteiger partial charge in [0.15, 0.2) is 0 Å². The van der Waals surface area contributed by atoms with Crippen LogP contribution in [0.2, 0.25) is 0 Å². The number of ether oxygens (including phenoxy) is 1. The van der Waals surface area contributed by atoms with Crippen LogP contribution < -0.4 is 5.32 Å². The highest BCUT2D eigenvalue weighted by Gasteiger charge is 2.18. The largest absolute Gasteiger partial charge is 0.378 e. The van der Waals surface area contributed by atoms with E-state index in [4.69, 9.17) is 4.74 Å². The topological polar surface area (TPSA) is 34.2 Å². The second-order valence-electron chi connectivity index (χ2n) is 4.27. The Labute approximate surface area is 101 Å². The Morgan fingerprint density at radius 1 is 1.69 bits per heavy atom. The van der Waals surface area contributed by atoms with E-state index in [0.29, 0.717) is 12.1 Å². The van der Waals surface area contributed by atoms with E-state index in [1.165, 1.54) is 22.7 Å². The number of nitrogens with zero attached hydrogens (tertiary/aromatic N) is 1. The van der Waals surface area contributed by atoms with Gasteiger partial charge in [-0.05, 0) is 26.3 Å². The van der Waals surface area contributed by atoms with Gasteiger partial charge in [0.1, 0.15) is 0 Å². The number of nitrogens with one attached hydrogen (secondary N) is 1. The van der Waals surface area contributed by atoms with Gasteiger partial charge in [-0.2, -0.15) is 0 Å². The monoisotopic (exact) mass is 240 g/mol. The third kappa shape index (κ3) is 3.03. The molecule has 1 fully saturated rings. The van der Waals surface area contributed by atoms with Gasteiger partial charge < -0.3 is 10.1 Å². The Hall–Kier alpha value is -0.450. The molecule has 2 rings (SSSR count). The lowest BCUT2D eigenvalue weighted by atomic mass is 10.2. The predicted octanol–water partition coefficient (Wildman–Crippen LogP) is 2.54. The molecule has 1 aromatic rings. The fraction of sp³-hybridized carbons (Fsp3) is 0.750. The smallest absolute Gasteiger partial charge is 0.0954 e. The molecule has 0 amide bonds. The Morgan fingerprint density at radius 2 is 2.56 bits per heavy atom. The molecule has 3 nitrogen and oxygen atoms in total. The van der Waals surface area contributed by atoms with Crippen LogP contribution in [0.25, 0.3) is 0 Å². The van der Waals surface area contributed by atoms with Gasteiger partial charge >= 0.3 is 0 Å². The van der Waals surface area contributed by atoms with Crippen molar-refractivity contribution in [3.63, 3.8) is 0 Å². The summed E-state index contributed by atoms with van der Waals surface area (Å²) in [5.74, 6) is 0. The molecule has 0 spiro atoms. The number of aromatic nitrogens is 1. The maximum Gasteiger partial charge on any atom is 0.0954 e. The lowest BCUT2D eigenvalue weighted by molar-refractivity contribution is 0.111. The molecule has 0 aromatic carbocycles. The van der Waals surface area contributed by atoms with Crippen molar-refractivity contribution in [1.82, 2.24) is 10.3 Å². The van der Waals surface area contributed by atoms with Crippen LogP contribution in [0.1, 0.15) is 42.6 Å². The third-order valence-corrected chi connectivity index (χ3v) is 4.14. The maximum absolute atomic E-state index is 5.63. The highest BCUT2D eigenvalue weighted by molar-refractivity contribution is 7.11. The quantitative estimate of drug-likeness (QED) is 0.859. The molecule has 16 heavy (non-hydrogen) atoms.